The highest BCUT2D eigenvalue weighted by Crippen LogP contribution is 2.31. The van der Waals surface area contributed by atoms with E-state index in [0.29, 0.717) is 12.2 Å². The lowest BCUT2D eigenvalue weighted by molar-refractivity contribution is 0.0700. The van der Waals surface area contributed by atoms with Crippen LogP contribution in [0.4, 0.5) is 4.39 Å². The molecule has 2 heterocycles. The highest BCUT2D eigenvalue weighted by Gasteiger charge is 2.22. The second-order valence-electron chi connectivity index (χ2n) is 9.87. The van der Waals surface area contributed by atoms with E-state index in [0.717, 1.165) is 83.2 Å². The fraction of sp³-hybridized carbons (Fsp3) is 0.500. The van der Waals surface area contributed by atoms with Gasteiger partial charge in [0.25, 0.3) is 0 Å². The van der Waals surface area contributed by atoms with Gasteiger partial charge in [0.2, 0.25) is 0 Å². The Balaban J connectivity index is 0.000000285. The average Bonchev–Trinajstić information content (AvgIpc) is 3.51. The number of allylic oxidation sites excluding steroid dienone is 4. The summed E-state index contributed by atoms with van der Waals surface area (Å²) in [6, 6.07) is 6.34. The Kier molecular flexibility index (Phi) is 14.3. The van der Waals surface area contributed by atoms with Gasteiger partial charge in [-0.1, -0.05) is 37.6 Å². The molecule has 7 heteroatoms. The van der Waals surface area contributed by atoms with Crippen molar-refractivity contribution in [2.75, 3.05) is 5.75 Å². The van der Waals surface area contributed by atoms with Crippen molar-refractivity contribution in [2.24, 2.45) is 10.7 Å². The first-order valence-corrected chi connectivity index (χ1v) is 15.1. The molecule has 1 aromatic heterocycles. The third-order valence-electron chi connectivity index (χ3n) is 6.69. The van der Waals surface area contributed by atoms with Crippen molar-refractivity contribution in [3.63, 3.8) is 0 Å². The van der Waals surface area contributed by atoms with Gasteiger partial charge in [-0.2, -0.15) is 11.8 Å². The van der Waals surface area contributed by atoms with E-state index >= 15 is 0 Å². The molecule has 1 aliphatic rings. The molecule has 0 radical (unpaired) electrons. The molecule has 2 atom stereocenters. The first kappa shape index (κ1) is 32.6. The lowest BCUT2D eigenvalue weighted by Crippen LogP contribution is -2.11. The van der Waals surface area contributed by atoms with Gasteiger partial charge in [-0.3, -0.25) is 4.99 Å². The zero-order valence-electron chi connectivity index (χ0n) is 24.7. The summed E-state index contributed by atoms with van der Waals surface area (Å²) in [5.41, 5.74) is 13.1. The van der Waals surface area contributed by atoms with Crippen LogP contribution < -0.4 is 5.73 Å². The minimum Gasteiger partial charge on any atom is -0.398 e. The van der Waals surface area contributed by atoms with E-state index in [1.807, 2.05) is 32.5 Å². The van der Waals surface area contributed by atoms with Gasteiger partial charge in [-0.25, -0.2) is 4.39 Å². The van der Waals surface area contributed by atoms with E-state index in [1.165, 1.54) is 17.7 Å². The molecule has 0 bridgehead atoms. The Labute approximate surface area is 238 Å². The normalized spacial score (nSPS) is 18.8. The maximum atomic E-state index is 13.1. The van der Waals surface area contributed by atoms with Crippen molar-refractivity contribution >= 4 is 18.0 Å². The van der Waals surface area contributed by atoms with Crippen LogP contribution in [-0.2, 0) is 10.5 Å². The molecule has 2 aromatic rings. The van der Waals surface area contributed by atoms with Crippen molar-refractivity contribution in [1.29, 1.82) is 0 Å². The Morgan fingerprint density at radius 3 is 2.51 bits per heavy atom. The molecule has 1 saturated heterocycles. The lowest BCUT2D eigenvalue weighted by atomic mass is 10.0. The third kappa shape index (κ3) is 10.5. The number of benzene rings is 1. The number of aryl methyl sites for hydroxylation is 1. The SMILES string of the molecule is CC=N/C(C)=C(/C=C\CCC)C(\N)=C(/C)CC.Cc1noc(-c2ccc(F)cc2)c1CSCC1CCC(C)O1. The Bertz CT molecular complexity index is 1150. The molecule has 39 heavy (non-hydrogen) atoms. The average molecular weight is 556 g/mol. The number of rotatable bonds is 11. The largest absolute Gasteiger partial charge is 0.398 e. The minimum absolute atomic E-state index is 0.247. The molecular weight excluding hydrogens is 509 g/mol. The monoisotopic (exact) mass is 555 g/mol. The van der Waals surface area contributed by atoms with Gasteiger partial charge in [0, 0.05) is 45.8 Å². The first-order chi connectivity index (χ1) is 18.7. The van der Waals surface area contributed by atoms with Gasteiger partial charge < -0.3 is 15.0 Å². The third-order valence-corrected chi connectivity index (χ3v) is 7.79. The summed E-state index contributed by atoms with van der Waals surface area (Å²) in [4.78, 5) is 4.33. The lowest BCUT2D eigenvalue weighted by Gasteiger charge is -2.10. The number of aliphatic imine (C=N–C) groups is 1. The van der Waals surface area contributed by atoms with Crippen molar-refractivity contribution < 1.29 is 13.7 Å². The fourth-order valence-electron chi connectivity index (χ4n) is 4.14. The van der Waals surface area contributed by atoms with Crippen LogP contribution in [0.15, 0.2) is 68.5 Å². The van der Waals surface area contributed by atoms with E-state index in [2.05, 4.69) is 50.0 Å². The molecule has 0 aliphatic carbocycles. The van der Waals surface area contributed by atoms with Crippen LogP contribution in [0.5, 0.6) is 0 Å². The Hall–Kier alpha value is -2.64. The van der Waals surface area contributed by atoms with Crippen LogP contribution in [0.25, 0.3) is 11.3 Å². The number of aromatic nitrogens is 1. The van der Waals surface area contributed by atoms with Crippen LogP contribution in [-0.4, -0.2) is 29.3 Å². The van der Waals surface area contributed by atoms with E-state index in [-0.39, 0.29) is 5.82 Å². The predicted molar refractivity (Wildman–Crippen MR) is 164 cm³/mol. The number of hydrogen-bond donors (Lipinski definition) is 1. The first-order valence-electron chi connectivity index (χ1n) is 14.0. The molecule has 1 aliphatic heterocycles. The summed E-state index contributed by atoms with van der Waals surface area (Å²) in [5, 5.41) is 4.06. The molecule has 5 nitrogen and oxygen atoms in total. The molecule has 1 fully saturated rings. The smallest absolute Gasteiger partial charge is 0.171 e. The zero-order chi connectivity index (χ0) is 28.8. The number of nitrogens with zero attached hydrogens (tertiary/aromatic N) is 2. The van der Waals surface area contributed by atoms with Gasteiger partial charge >= 0.3 is 0 Å². The molecule has 2 unspecified atom stereocenters. The molecule has 1 aromatic carbocycles. The quantitative estimate of drug-likeness (QED) is 0.221. The summed E-state index contributed by atoms with van der Waals surface area (Å²) >= 11 is 1.84. The number of unbranched alkanes of at least 4 members (excludes halogenated alkanes) is 1. The number of ether oxygens (including phenoxy) is 1. The predicted octanol–water partition coefficient (Wildman–Crippen LogP) is 8.94. The maximum Gasteiger partial charge on any atom is 0.171 e. The molecule has 2 N–H and O–H groups in total. The Morgan fingerprint density at radius 1 is 1.21 bits per heavy atom. The topological polar surface area (TPSA) is 73.6 Å². The van der Waals surface area contributed by atoms with E-state index in [4.69, 9.17) is 15.0 Å². The van der Waals surface area contributed by atoms with Crippen molar-refractivity contribution in [3.05, 3.63) is 76.0 Å². The Morgan fingerprint density at radius 2 is 1.92 bits per heavy atom. The van der Waals surface area contributed by atoms with Crippen LogP contribution in [0.1, 0.15) is 84.9 Å². The second kappa shape index (κ2) is 17.1. The van der Waals surface area contributed by atoms with Crippen molar-refractivity contribution in [3.8, 4) is 11.3 Å². The van der Waals surface area contributed by atoms with Crippen LogP contribution >= 0.6 is 11.8 Å². The van der Waals surface area contributed by atoms with Crippen molar-refractivity contribution in [2.45, 2.75) is 98.5 Å². The fourth-order valence-corrected chi connectivity index (χ4v) is 5.31. The molecule has 3 rings (SSSR count). The van der Waals surface area contributed by atoms with Gasteiger partial charge in [0.15, 0.2) is 5.76 Å². The number of nitrogens with two attached hydrogens (primary N) is 1. The summed E-state index contributed by atoms with van der Waals surface area (Å²) in [6.07, 6.45) is 12.3. The minimum atomic E-state index is -0.247. The molecule has 214 valence electrons. The highest BCUT2D eigenvalue weighted by atomic mass is 32.2. The zero-order valence-corrected chi connectivity index (χ0v) is 25.5. The van der Waals surface area contributed by atoms with Crippen LogP contribution in [0.2, 0.25) is 0 Å². The number of hydrogen-bond acceptors (Lipinski definition) is 6. The molecule has 0 spiro atoms. The second-order valence-corrected chi connectivity index (χ2v) is 10.9. The van der Waals surface area contributed by atoms with E-state index in [1.54, 1.807) is 18.3 Å². The molecule has 0 saturated carbocycles. The summed E-state index contributed by atoms with van der Waals surface area (Å²) < 4.78 is 24.3. The summed E-state index contributed by atoms with van der Waals surface area (Å²) in [7, 11) is 0. The van der Waals surface area contributed by atoms with Crippen LogP contribution in [0, 0.1) is 12.7 Å². The van der Waals surface area contributed by atoms with Gasteiger partial charge in [-0.15, -0.1) is 0 Å². The standard InChI is InChI=1S/C17H20FNO2S.C15H26N2/c1-11-3-8-15(20-11)9-22-10-16-12(2)19-21-17(16)13-4-6-14(18)7-5-13;1-6-9-10-11-14(13(5)17-8-3)15(16)12(4)7-2/h4-7,11,15H,3,8-10H2,1-2H3;8,10-11H,6-7,9,16H2,1-5H3/b;11-10-,14-13-,15-12-,17-8?. The molecular formula is C32H46FN3O2S. The number of thioether (sulfide) groups is 1. The van der Waals surface area contributed by atoms with Gasteiger partial charge in [0.05, 0.1) is 17.9 Å². The van der Waals surface area contributed by atoms with Gasteiger partial charge in [0.1, 0.15) is 5.82 Å². The maximum absolute atomic E-state index is 13.1. The molecule has 0 amide bonds. The highest BCUT2D eigenvalue weighted by molar-refractivity contribution is 7.98. The van der Waals surface area contributed by atoms with Crippen LogP contribution in [0.3, 0.4) is 0 Å². The van der Waals surface area contributed by atoms with E-state index in [9.17, 15) is 4.39 Å². The summed E-state index contributed by atoms with van der Waals surface area (Å²) in [6.45, 7) is 14.4. The summed E-state index contributed by atoms with van der Waals surface area (Å²) in [5.74, 6) is 2.31. The van der Waals surface area contributed by atoms with E-state index < -0.39 is 0 Å². The van der Waals surface area contributed by atoms with Crippen molar-refractivity contribution in [1.82, 2.24) is 5.16 Å². The van der Waals surface area contributed by atoms with Gasteiger partial charge in [-0.05, 0) is 90.1 Å². The number of halogens is 1.